The van der Waals surface area contributed by atoms with E-state index < -0.39 is 5.54 Å². The van der Waals surface area contributed by atoms with Gasteiger partial charge in [-0.05, 0) is 31.2 Å². The van der Waals surface area contributed by atoms with Gasteiger partial charge < -0.3 is 15.1 Å². The van der Waals surface area contributed by atoms with Gasteiger partial charge in [0.25, 0.3) is 5.91 Å². The summed E-state index contributed by atoms with van der Waals surface area (Å²) in [5.41, 5.74) is 2.14. The Hall–Kier alpha value is -1.92. The largest absolute Gasteiger partial charge is 0.329 e. The van der Waals surface area contributed by atoms with Gasteiger partial charge in [-0.1, -0.05) is 44.0 Å². The average Bonchev–Trinajstić information content (AvgIpc) is 2.92. The van der Waals surface area contributed by atoms with Crippen molar-refractivity contribution in [3.05, 3.63) is 35.4 Å². The van der Waals surface area contributed by atoms with Crippen molar-refractivity contribution in [3.63, 3.8) is 0 Å². The molecule has 2 heterocycles. The fourth-order valence-electron chi connectivity index (χ4n) is 5.23. The van der Waals surface area contributed by atoms with Crippen LogP contribution in [0, 0.1) is 12.8 Å². The maximum atomic E-state index is 13.1. The zero-order valence-corrected chi connectivity index (χ0v) is 17.2. The SMILES string of the molecule is Cc1ccccc1C[NH+]1CC[NH+](CN2C(=O)N[C@@]3(CCCC[C@H]3C)C2=O)CC1. The molecule has 28 heavy (non-hydrogen) atoms. The molecule has 0 bridgehead atoms. The fourth-order valence-corrected chi connectivity index (χ4v) is 5.23. The van der Waals surface area contributed by atoms with Gasteiger partial charge in [0.2, 0.25) is 0 Å². The van der Waals surface area contributed by atoms with Crippen molar-refractivity contribution in [2.24, 2.45) is 5.92 Å². The molecule has 1 spiro atoms. The Labute approximate surface area is 167 Å². The van der Waals surface area contributed by atoms with E-state index in [4.69, 9.17) is 0 Å². The van der Waals surface area contributed by atoms with Crippen molar-refractivity contribution < 1.29 is 19.4 Å². The number of piperazine rings is 1. The Morgan fingerprint density at radius 3 is 2.54 bits per heavy atom. The molecule has 1 saturated carbocycles. The Morgan fingerprint density at radius 2 is 1.82 bits per heavy atom. The minimum absolute atomic E-state index is 0.0203. The minimum atomic E-state index is -0.632. The summed E-state index contributed by atoms with van der Waals surface area (Å²) in [4.78, 5) is 30.2. The Kier molecular flexibility index (Phi) is 5.43. The van der Waals surface area contributed by atoms with Gasteiger partial charge in [0, 0.05) is 5.56 Å². The summed E-state index contributed by atoms with van der Waals surface area (Å²) in [5, 5.41) is 3.08. The molecule has 3 fully saturated rings. The van der Waals surface area contributed by atoms with E-state index >= 15 is 0 Å². The summed E-state index contributed by atoms with van der Waals surface area (Å²) in [7, 11) is 0. The first-order chi connectivity index (χ1) is 13.5. The number of nitrogens with one attached hydrogen (secondary N) is 3. The first-order valence-corrected chi connectivity index (χ1v) is 10.9. The van der Waals surface area contributed by atoms with Crippen LogP contribution in [-0.4, -0.2) is 55.2 Å². The number of rotatable bonds is 4. The second-order valence-corrected chi connectivity index (χ2v) is 9.04. The fraction of sp³-hybridized carbons (Fsp3) is 0.636. The molecule has 1 aromatic carbocycles. The number of amides is 3. The number of quaternary nitrogens is 2. The van der Waals surface area contributed by atoms with Crippen molar-refractivity contribution >= 4 is 11.9 Å². The van der Waals surface area contributed by atoms with E-state index in [0.717, 1.165) is 58.4 Å². The van der Waals surface area contributed by atoms with Gasteiger partial charge in [-0.2, -0.15) is 0 Å². The van der Waals surface area contributed by atoms with Crippen molar-refractivity contribution in [1.82, 2.24) is 10.2 Å². The van der Waals surface area contributed by atoms with Crippen LogP contribution in [0.5, 0.6) is 0 Å². The lowest BCUT2D eigenvalue weighted by molar-refractivity contribution is -1.02. The summed E-state index contributed by atoms with van der Waals surface area (Å²) in [6, 6.07) is 8.42. The Balaban J connectivity index is 1.33. The molecular weight excluding hydrogens is 352 g/mol. The lowest BCUT2D eigenvalue weighted by atomic mass is 9.73. The van der Waals surface area contributed by atoms with Crippen LogP contribution in [-0.2, 0) is 11.3 Å². The molecular formula is C22H34N4O2+2. The Bertz CT molecular complexity index is 744. The number of hydrogen-bond donors (Lipinski definition) is 3. The third kappa shape index (κ3) is 3.55. The van der Waals surface area contributed by atoms with Crippen LogP contribution in [0.3, 0.4) is 0 Å². The molecule has 0 unspecified atom stereocenters. The maximum Gasteiger partial charge on any atom is 0.329 e. The van der Waals surface area contributed by atoms with Crippen molar-refractivity contribution in [3.8, 4) is 0 Å². The van der Waals surface area contributed by atoms with Gasteiger partial charge in [0.15, 0.2) is 6.67 Å². The summed E-state index contributed by atoms with van der Waals surface area (Å²) in [5.74, 6) is 0.250. The Morgan fingerprint density at radius 1 is 1.11 bits per heavy atom. The monoisotopic (exact) mass is 386 g/mol. The first-order valence-electron chi connectivity index (χ1n) is 10.9. The third-order valence-electron chi connectivity index (χ3n) is 7.25. The lowest BCUT2D eigenvalue weighted by Gasteiger charge is -2.37. The normalized spacial score (nSPS) is 33.4. The second kappa shape index (κ2) is 7.84. The van der Waals surface area contributed by atoms with Crippen LogP contribution in [0.4, 0.5) is 4.79 Å². The molecule has 0 radical (unpaired) electrons. The molecule has 2 saturated heterocycles. The number of nitrogens with zero attached hydrogens (tertiary/aromatic N) is 1. The number of imide groups is 1. The van der Waals surface area contributed by atoms with Crippen molar-refractivity contribution in [2.75, 3.05) is 32.8 Å². The van der Waals surface area contributed by atoms with E-state index in [9.17, 15) is 9.59 Å². The van der Waals surface area contributed by atoms with E-state index in [0.29, 0.717) is 6.67 Å². The van der Waals surface area contributed by atoms with E-state index in [2.05, 4.69) is 43.4 Å². The van der Waals surface area contributed by atoms with Gasteiger partial charge in [-0.15, -0.1) is 0 Å². The van der Waals surface area contributed by atoms with Crippen LogP contribution in [0.25, 0.3) is 0 Å². The van der Waals surface area contributed by atoms with Crippen LogP contribution in [0.1, 0.15) is 43.7 Å². The average molecular weight is 387 g/mol. The number of benzene rings is 1. The van der Waals surface area contributed by atoms with E-state index in [-0.39, 0.29) is 17.9 Å². The summed E-state index contributed by atoms with van der Waals surface area (Å²) in [6.07, 6.45) is 3.99. The van der Waals surface area contributed by atoms with Crippen molar-refractivity contribution in [2.45, 2.75) is 51.6 Å². The van der Waals surface area contributed by atoms with Gasteiger partial charge in [0.05, 0.1) is 0 Å². The van der Waals surface area contributed by atoms with Crippen LogP contribution < -0.4 is 15.1 Å². The first kappa shape index (κ1) is 19.4. The van der Waals surface area contributed by atoms with E-state index in [1.807, 2.05) is 0 Å². The molecule has 4 rings (SSSR count). The molecule has 1 aliphatic carbocycles. The minimum Gasteiger partial charge on any atom is -0.323 e. The van der Waals surface area contributed by atoms with Gasteiger partial charge in [-0.3, -0.25) is 4.79 Å². The zero-order valence-electron chi connectivity index (χ0n) is 17.2. The van der Waals surface area contributed by atoms with E-state index in [1.54, 1.807) is 4.90 Å². The quantitative estimate of drug-likeness (QED) is 0.625. The standard InChI is InChI=1S/C22H32N4O2/c1-17-7-3-4-9-19(17)15-24-11-13-25(14-12-24)16-26-20(27)22(23-21(26)28)10-6-5-8-18(22)2/h3-4,7,9,18H,5-6,8,10-16H2,1-2H3,(H,23,28)/p+2/t18-,22-/m1/s1. The zero-order chi connectivity index (χ0) is 19.7. The van der Waals surface area contributed by atoms with E-state index in [1.165, 1.54) is 20.9 Å². The van der Waals surface area contributed by atoms with Crippen LogP contribution >= 0.6 is 0 Å². The molecule has 2 aliphatic heterocycles. The van der Waals surface area contributed by atoms with Crippen molar-refractivity contribution in [1.29, 1.82) is 0 Å². The number of hydrogen-bond acceptors (Lipinski definition) is 2. The summed E-state index contributed by atoms with van der Waals surface area (Å²) >= 11 is 0. The van der Waals surface area contributed by atoms with Gasteiger partial charge >= 0.3 is 6.03 Å². The topological polar surface area (TPSA) is 58.3 Å². The molecule has 3 aliphatic rings. The van der Waals surface area contributed by atoms with Gasteiger partial charge in [-0.25, -0.2) is 9.69 Å². The highest BCUT2D eigenvalue weighted by atomic mass is 16.2. The number of carbonyl (C=O) groups is 2. The highest BCUT2D eigenvalue weighted by molar-refractivity contribution is 6.07. The van der Waals surface area contributed by atoms with Crippen LogP contribution in [0.15, 0.2) is 24.3 Å². The number of carbonyl (C=O) groups excluding carboxylic acids is 2. The van der Waals surface area contributed by atoms with Gasteiger partial charge in [0.1, 0.15) is 38.3 Å². The number of aryl methyl sites for hydroxylation is 1. The molecule has 0 aromatic heterocycles. The molecule has 3 amide bonds. The smallest absolute Gasteiger partial charge is 0.323 e. The second-order valence-electron chi connectivity index (χ2n) is 9.04. The maximum absolute atomic E-state index is 13.1. The predicted molar refractivity (Wildman–Crippen MR) is 107 cm³/mol. The molecule has 152 valence electrons. The highest BCUT2D eigenvalue weighted by Gasteiger charge is 2.55. The molecule has 6 nitrogen and oxygen atoms in total. The summed E-state index contributed by atoms with van der Waals surface area (Å²) in [6.45, 7) is 10.0. The molecule has 1 aromatic rings. The lowest BCUT2D eigenvalue weighted by Crippen LogP contribution is -3.28. The molecule has 6 heteroatoms. The summed E-state index contributed by atoms with van der Waals surface area (Å²) < 4.78 is 0. The predicted octanol–water partition coefficient (Wildman–Crippen LogP) is -0.263. The molecule has 3 N–H and O–H groups in total. The third-order valence-corrected chi connectivity index (χ3v) is 7.25. The highest BCUT2D eigenvalue weighted by Crippen LogP contribution is 2.37. The number of urea groups is 1. The molecule has 2 atom stereocenters. The van der Waals surface area contributed by atoms with Crippen LogP contribution in [0.2, 0.25) is 0 Å².